The molecule has 0 bridgehead atoms. The van der Waals surface area contributed by atoms with Gasteiger partial charge in [0.05, 0.1) is 13.7 Å². The molecule has 1 amide bonds. The van der Waals surface area contributed by atoms with Gasteiger partial charge in [-0.05, 0) is 18.2 Å². The standard InChI is InChI=1S/C15H25N3O5S/c1-18(2)24(20,21)14-11-12(5-6-13(14)23-4)15(19)17-8-7-16-9-10-22-3/h5-6,11,16H,7-10H2,1-4H3,(H,17,19). The Hall–Kier alpha value is -1.68. The second-order valence-corrected chi connectivity index (χ2v) is 7.27. The first-order chi connectivity index (χ1) is 11.3. The second-order valence-electron chi connectivity index (χ2n) is 5.15. The van der Waals surface area contributed by atoms with Crippen LogP contribution in [0.15, 0.2) is 23.1 Å². The fourth-order valence-corrected chi connectivity index (χ4v) is 2.96. The van der Waals surface area contributed by atoms with Crippen molar-refractivity contribution >= 4 is 15.9 Å². The molecule has 2 N–H and O–H groups in total. The van der Waals surface area contributed by atoms with Gasteiger partial charge in [0.2, 0.25) is 10.0 Å². The average Bonchev–Trinajstić information content (AvgIpc) is 2.56. The van der Waals surface area contributed by atoms with E-state index < -0.39 is 10.0 Å². The van der Waals surface area contributed by atoms with Crippen molar-refractivity contribution in [3.05, 3.63) is 23.8 Å². The van der Waals surface area contributed by atoms with E-state index in [2.05, 4.69) is 10.6 Å². The van der Waals surface area contributed by atoms with E-state index >= 15 is 0 Å². The normalized spacial score (nSPS) is 11.5. The quantitative estimate of drug-likeness (QED) is 0.567. The number of nitrogens with zero attached hydrogens (tertiary/aromatic N) is 1. The molecule has 24 heavy (non-hydrogen) atoms. The molecule has 1 aromatic rings. The summed E-state index contributed by atoms with van der Waals surface area (Å²) in [6.45, 7) is 2.30. The summed E-state index contributed by atoms with van der Waals surface area (Å²) in [6, 6.07) is 4.32. The summed E-state index contributed by atoms with van der Waals surface area (Å²) < 4.78 is 35.8. The van der Waals surface area contributed by atoms with E-state index in [-0.39, 0.29) is 22.1 Å². The van der Waals surface area contributed by atoms with Crippen LogP contribution in [-0.2, 0) is 14.8 Å². The Morgan fingerprint density at radius 1 is 1.17 bits per heavy atom. The van der Waals surface area contributed by atoms with Gasteiger partial charge in [-0.1, -0.05) is 0 Å². The number of nitrogens with one attached hydrogen (secondary N) is 2. The number of benzene rings is 1. The largest absolute Gasteiger partial charge is 0.495 e. The van der Waals surface area contributed by atoms with Gasteiger partial charge >= 0.3 is 0 Å². The molecule has 0 aromatic heterocycles. The molecular formula is C15H25N3O5S. The third kappa shape index (κ3) is 5.45. The van der Waals surface area contributed by atoms with Crippen molar-refractivity contribution in [1.82, 2.24) is 14.9 Å². The number of amides is 1. The van der Waals surface area contributed by atoms with Crippen molar-refractivity contribution in [3.8, 4) is 5.75 Å². The highest BCUT2D eigenvalue weighted by Crippen LogP contribution is 2.26. The molecule has 0 fully saturated rings. The van der Waals surface area contributed by atoms with Crippen LogP contribution in [0.25, 0.3) is 0 Å². The van der Waals surface area contributed by atoms with Crippen LogP contribution >= 0.6 is 0 Å². The zero-order chi connectivity index (χ0) is 18.2. The third-order valence-corrected chi connectivity index (χ3v) is 5.09. The van der Waals surface area contributed by atoms with Gasteiger partial charge in [-0.25, -0.2) is 12.7 Å². The molecule has 1 rings (SSSR count). The van der Waals surface area contributed by atoms with Crippen molar-refractivity contribution in [2.45, 2.75) is 4.90 Å². The van der Waals surface area contributed by atoms with E-state index in [4.69, 9.17) is 9.47 Å². The highest BCUT2D eigenvalue weighted by molar-refractivity contribution is 7.89. The van der Waals surface area contributed by atoms with E-state index in [9.17, 15) is 13.2 Å². The fourth-order valence-electron chi connectivity index (χ4n) is 1.88. The minimum absolute atomic E-state index is 0.0409. The minimum Gasteiger partial charge on any atom is -0.495 e. The molecule has 0 aliphatic heterocycles. The van der Waals surface area contributed by atoms with Crippen molar-refractivity contribution < 1.29 is 22.7 Å². The van der Waals surface area contributed by atoms with Gasteiger partial charge in [0.1, 0.15) is 10.6 Å². The maximum Gasteiger partial charge on any atom is 0.251 e. The Morgan fingerprint density at radius 2 is 1.88 bits per heavy atom. The number of sulfonamides is 1. The Bertz CT molecular complexity index is 647. The molecule has 0 saturated carbocycles. The summed E-state index contributed by atoms with van der Waals surface area (Å²) in [7, 11) is 2.14. The first-order valence-corrected chi connectivity index (χ1v) is 8.87. The molecular weight excluding hydrogens is 334 g/mol. The molecule has 0 saturated heterocycles. The van der Waals surface area contributed by atoms with Gasteiger partial charge < -0.3 is 20.1 Å². The van der Waals surface area contributed by atoms with Crippen molar-refractivity contribution in [2.24, 2.45) is 0 Å². The summed E-state index contributed by atoms with van der Waals surface area (Å²) >= 11 is 0. The molecule has 0 unspecified atom stereocenters. The zero-order valence-electron chi connectivity index (χ0n) is 14.5. The number of carbonyl (C=O) groups excluding carboxylic acids is 1. The van der Waals surface area contributed by atoms with Crippen LogP contribution in [0.5, 0.6) is 5.75 Å². The maximum atomic E-state index is 12.3. The van der Waals surface area contributed by atoms with Crippen LogP contribution in [0.2, 0.25) is 0 Å². The van der Waals surface area contributed by atoms with Crippen LogP contribution in [0.1, 0.15) is 10.4 Å². The predicted molar refractivity (Wildman–Crippen MR) is 90.9 cm³/mol. The van der Waals surface area contributed by atoms with Crippen molar-refractivity contribution in [1.29, 1.82) is 0 Å². The number of hydrogen-bond acceptors (Lipinski definition) is 6. The topological polar surface area (TPSA) is 97.0 Å². The molecule has 9 heteroatoms. The van der Waals surface area contributed by atoms with E-state index in [1.807, 2.05) is 0 Å². The Kier molecular flexibility index (Phi) is 8.13. The lowest BCUT2D eigenvalue weighted by atomic mass is 10.2. The van der Waals surface area contributed by atoms with Gasteiger partial charge in [0, 0.05) is 46.4 Å². The highest BCUT2D eigenvalue weighted by Gasteiger charge is 2.23. The molecule has 0 radical (unpaired) electrons. The Morgan fingerprint density at radius 3 is 2.46 bits per heavy atom. The number of hydrogen-bond donors (Lipinski definition) is 2. The smallest absolute Gasteiger partial charge is 0.251 e. The van der Waals surface area contributed by atoms with Crippen molar-refractivity contribution in [3.63, 3.8) is 0 Å². The van der Waals surface area contributed by atoms with E-state index in [1.54, 1.807) is 7.11 Å². The van der Waals surface area contributed by atoms with Gasteiger partial charge in [0.15, 0.2) is 0 Å². The SMILES string of the molecule is COCCNCCNC(=O)c1ccc(OC)c(S(=O)(=O)N(C)C)c1. The third-order valence-electron chi connectivity index (χ3n) is 3.25. The fraction of sp³-hybridized carbons (Fsp3) is 0.533. The molecule has 8 nitrogen and oxygen atoms in total. The van der Waals surface area contributed by atoms with E-state index in [1.165, 1.54) is 39.4 Å². The van der Waals surface area contributed by atoms with Crippen LogP contribution in [0.3, 0.4) is 0 Å². The minimum atomic E-state index is -3.71. The van der Waals surface area contributed by atoms with Crippen LogP contribution < -0.4 is 15.4 Å². The number of methoxy groups -OCH3 is 2. The summed E-state index contributed by atoms with van der Waals surface area (Å²) in [4.78, 5) is 12.1. The lowest BCUT2D eigenvalue weighted by Crippen LogP contribution is -2.33. The number of carbonyl (C=O) groups is 1. The Balaban J connectivity index is 2.81. The van der Waals surface area contributed by atoms with Gasteiger partial charge in [-0.3, -0.25) is 4.79 Å². The van der Waals surface area contributed by atoms with Gasteiger partial charge in [0.25, 0.3) is 5.91 Å². The maximum absolute atomic E-state index is 12.3. The Labute approximate surface area is 143 Å². The summed E-state index contributed by atoms with van der Waals surface area (Å²) in [5, 5.41) is 5.83. The van der Waals surface area contributed by atoms with Crippen molar-refractivity contribution in [2.75, 3.05) is 54.6 Å². The molecule has 136 valence electrons. The molecule has 0 heterocycles. The monoisotopic (exact) mass is 359 g/mol. The van der Waals surface area contributed by atoms with Gasteiger partial charge in [-0.2, -0.15) is 0 Å². The average molecular weight is 359 g/mol. The summed E-state index contributed by atoms with van der Waals surface area (Å²) in [5.41, 5.74) is 0.258. The molecule has 0 atom stereocenters. The lowest BCUT2D eigenvalue weighted by Gasteiger charge is -2.15. The molecule has 0 aliphatic carbocycles. The number of rotatable bonds is 10. The van der Waals surface area contributed by atoms with Crippen LogP contribution in [0.4, 0.5) is 0 Å². The van der Waals surface area contributed by atoms with E-state index in [0.29, 0.717) is 26.2 Å². The van der Waals surface area contributed by atoms with E-state index in [0.717, 1.165) is 4.31 Å². The van der Waals surface area contributed by atoms with Crippen LogP contribution in [0, 0.1) is 0 Å². The predicted octanol–water partition coefficient (Wildman–Crippen LogP) is -0.0887. The molecule has 0 aliphatic rings. The zero-order valence-corrected chi connectivity index (χ0v) is 15.3. The lowest BCUT2D eigenvalue weighted by molar-refractivity contribution is 0.0953. The highest BCUT2D eigenvalue weighted by atomic mass is 32.2. The first kappa shape index (κ1) is 20.4. The first-order valence-electron chi connectivity index (χ1n) is 7.43. The summed E-state index contributed by atoms with van der Waals surface area (Å²) in [5.74, 6) is -0.150. The molecule has 1 aromatic carbocycles. The van der Waals surface area contributed by atoms with Gasteiger partial charge in [-0.15, -0.1) is 0 Å². The second kappa shape index (κ2) is 9.58. The molecule has 0 spiro atoms. The number of ether oxygens (including phenoxy) is 2. The van der Waals surface area contributed by atoms with Crippen LogP contribution in [-0.4, -0.2) is 73.2 Å². The summed E-state index contributed by atoms with van der Waals surface area (Å²) in [6.07, 6.45) is 0.